The van der Waals surface area contributed by atoms with Gasteiger partial charge in [-0.05, 0) is 43.7 Å². The van der Waals surface area contributed by atoms with E-state index in [4.69, 9.17) is 0 Å². The Bertz CT molecular complexity index is 906. The number of Topliss-reactive ketones (excluding diaryl/α,β-unsaturated/α-hetero) is 1. The Labute approximate surface area is 151 Å². The Kier molecular flexibility index (Phi) is 4.92. The molecule has 0 amide bonds. The van der Waals surface area contributed by atoms with Crippen molar-refractivity contribution in [2.75, 3.05) is 24.2 Å². The summed E-state index contributed by atoms with van der Waals surface area (Å²) in [4.78, 5) is 24.1. The molecule has 2 aromatic rings. The molecule has 0 saturated carbocycles. The lowest BCUT2D eigenvalue weighted by Crippen LogP contribution is -2.40. The molecule has 0 unspecified atom stereocenters. The molecule has 25 heavy (non-hydrogen) atoms. The van der Waals surface area contributed by atoms with Crippen molar-refractivity contribution in [3.05, 3.63) is 33.9 Å². The van der Waals surface area contributed by atoms with Crippen molar-refractivity contribution in [3.63, 3.8) is 0 Å². The lowest BCUT2D eigenvalue weighted by atomic mass is 9.92. The fraction of sp³-hybridized carbons (Fsp3) is 0.471. The lowest BCUT2D eigenvalue weighted by molar-refractivity contribution is 0.0910. The first kappa shape index (κ1) is 18.0. The molecule has 3 heterocycles. The molecule has 1 atom stereocenters. The van der Waals surface area contributed by atoms with Crippen LogP contribution in [-0.4, -0.2) is 43.5 Å². The number of hydrogen-bond acceptors (Lipinski definition) is 7. The van der Waals surface area contributed by atoms with Crippen molar-refractivity contribution in [2.24, 2.45) is 5.92 Å². The Hall–Kier alpha value is -1.80. The second-order valence-corrected chi connectivity index (χ2v) is 9.36. The first-order valence-electron chi connectivity index (χ1n) is 8.14. The van der Waals surface area contributed by atoms with Crippen LogP contribution in [0.5, 0.6) is 0 Å². The van der Waals surface area contributed by atoms with E-state index in [1.54, 1.807) is 6.92 Å². The third kappa shape index (κ3) is 3.74. The number of thiophene rings is 1. The molecule has 0 aliphatic carbocycles. The van der Waals surface area contributed by atoms with Gasteiger partial charge in [-0.2, -0.15) is 0 Å². The second kappa shape index (κ2) is 6.84. The van der Waals surface area contributed by atoms with Crippen LogP contribution in [-0.2, 0) is 9.84 Å². The highest BCUT2D eigenvalue weighted by molar-refractivity contribution is 7.90. The van der Waals surface area contributed by atoms with Crippen LogP contribution in [0.25, 0.3) is 0 Å². The largest absolute Gasteiger partial charge is 0.355 e. The summed E-state index contributed by atoms with van der Waals surface area (Å²) in [5.74, 6) is 0.929. The number of anilines is 1. The van der Waals surface area contributed by atoms with E-state index >= 15 is 0 Å². The van der Waals surface area contributed by atoms with E-state index in [1.165, 1.54) is 17.5 Å². The molecule has 8 heteroatoms. The monoisotopic (exact) mass is 379 g/mol. The molecular weight excluding hydrogens is 358 g/mol. The fourth-order valence-corrected chi connectivity index (χ4v) is 4.82. The number of piperidine rings is 1. The third-order valence-corrected chi connectivity index (χ3v) is 6.55. The van der Waals surface area contributed by atoms with Crippen molar-refractivity contribution in [1.29, 1.82) is 0 Å². The quantitative estimate of drug-likeness (QED) is 0.760. The molecule has 0 radical (unpaired) electrons. The highest BCUT2D eigenvalue weighted by Gasteiger charge is 2.31. The zero-order valence-electron chi connectivity index (χ0n) is 14.5. The van der Waals surface area contributed by atoms with Gasteiger partial charge in [0.25, 0.3) is 0 Å². The molecule has 0 aromatic carbocycles. The van der Waals surface area contributed by atoms with Gasteiger partial charge < -0.3 is 4.90 Å². The summed E-state index contributed by atoms with van der Waals surface area (Å²) >= 11 is 1.47. The first-order valence-corrected chi connectivity index (χ1v) is 10.9. The molecule has 2 aromatic heterocycles. The number of nitrogens with zero attached hydrogens (tertiary/aromatic N) is 3. The molecule has 0 spiro atoms. The number of hydrogen-bond donors (Lipinski definition) is 0. The predicted octanol–water partition coefficient (Wildman–Crippen LogP) is 2.66. The first-order chi connectivity index (χ1) is 11.8. The van der Waals surface area contributed by atoms with Gasteiger partial charge in [-0.1, -0.05) is 0 Å². The number of ketones is 1. The van der Waals surface area contributed by atoms with E-state index in [1.807, 2.05) is 23.3 Å². The van der Waals surface area contributed by atoms with E-state index in [0.717, 1.165) is 29.5 Å². The van der Waals surface area contributed by atoms with Crippen molar-refractivity contribution in [2.45, 2.75) is 31.6 Å². The van der Waals surface area contributed by atoms with Crippen LogP contribution in [0.4, 0.5) is 5.82 Å². The van der Waals surface area contributed by atoms with Crippen LogP contribution in [0.3, 0.4) is 0 Å². The van der Waals surface area contributed by atoms with Crippen LogP contribution in [0, 0.1) is 19.8 Å². The number of sulfone groups is 1. The number of aromatic nitrogens is 2. The molecule has 1 aliphatic rings. The van der Waals surface area contributed by atoms with Gasteiger partial charge in [-0.15, -0.1) is 11.3 Å². The minimum Gasteiger partial charge on any atom is -0.355 e. The minimum atomic E-state index is -3.44. The molecular formula is C17H21N3O3S2. The van der Waals surface area contributed by atoms with Crippen molar-refractivity contribution in [1.82, 2.24) is 9.97 Å². The summed E-state index contributed by atoms with van der Waals surface area (Å²) < 4.78 is 24.2. The maximum atomic E-state index is 12.8. The molecule has 0 bridgehead atoms. The topological polar surface area (TPSA) is 80.2 Å². The Morgan fingerprint density at radius 3 is 2.76 bits per heavy atom. The summed E-state index contributed by atoms with van der Waals surface area (Å²) in [6.07, 6.45) is 4.16. The summed E-state index contributed by atoms with van der Waals surface area (Å²) in [5, 5.41) is 1.93. The predicted molar refractivity (Wildman–Crippen MR) is 98.2 cm³/mol. The molecule has 1 aliphatic heterocycles. The van der Waals surface area contributed by atoms with Gasteiger partial charge in [-0.25, -0.2) is 18.4 Å². The summed E-state index contributed by atoms with van der Waals surface area (Å²) in [7, 11) is -3.44. The zero-order chi connectivity index (χ0) is 18.2. The van der Waals surface area contributed by atoms with Crippen molar-refractivity contribution in [3.8, 4) is 0 Å². The highest BCUT2D eigenvalue weighted by atomic mass is 32.2. The van der Waals surface area contributed by atoms with Crippen LogP contribution < -0.4 is 4.90 Å². The Morgan fingerprint density at radius 2 is 2.12 bits per heavy atom. The van der Waals surface area contributed by atoms with Crippen molar-refractivity contribution >= 4 is 32.8 Å². The van der Waals surface area contributed by atoms with E-state index in [2.05, 4.69) is 9.97 Å². The zero-order valence-corrected chi connectivity index (χ0v) is 16.2. The molecule has 3 rings (SSSR count). The average molecular weight is 380 g/mol. The van der Waals surface area contributed by atoms with E-state index in [0.29, 0.717) is 24.7 Å². The van der Waals surface area contributed by atoms with E-state index in [9.17, 15) is 13.2 Å². The third-order valence-electron chi connectivity index (χ3n) is 4.43. The average Bonchev–Trinajstić information content (AvgIpc) is 2.99. The van der Waals surface area contributed by atoms with Crippen LogP contribution in [0.2, 0.25) is 0 Å². The maximum Gasteiger partial charge on any atom is 0.180 e. The SMILES string of the molecule is Cc1ncc(S(C)(=O)=O)c(N2CCC[C@H](C(=O)c3sccc3C)C2)n1. The minimum absolute atomic E-state index is 0.124. The fourth-order valence-electron chi connectivity index (χ4n) is 3.13. The van der Waals surface area contributed by atoms with Gasteiger partial charge in [0, 0.05) is 25.3 Å². The Morgan fingerprint density at radius 1 is 1.36 bits per heavy atom. The standard InChI is InChI=1S/C17H21N3O3S2/c1-11-6-8-24-16(11)15(21)13-5-4-7-20(10-13)17-14(25(3,22)23)9-18-12(2)19-17/h6,8-9,13H,4-5,7,10H2,1-3H3/t13-/m0/s1. The summed E-state index contributed by atoms with van der Waals surface area (Å²) in [6.45, 7) is 4.85. The molecule has 134 valence electrons. The van der Waals surface area contributed by atoms with Crippen LogP contribution in [0.1, 0.15) is 33.9 Å². The lowest BCUT2D eigenvalue weighted by Gasteiger charge is -2.33. The van der Waals surface area contributed by atoms with Gasteiger partial charge in [-0.3, -0.25) is 4.79 Å². The van der Waals surface area contributed by atoms with Gasteiger partial charge in [0.2, 0.25) is 0 Å². The van der Waals surface area contributed by atoms with Crippen molar-refractivity contribution < 1.29 is 13.2 Å². The highest BCUT2D eigenvalue weighted by Crippen LogP contribution is 2.30. The Balaban J connectivity index is 1.91. The summed E-state index contributed by atoms with van der Waals surface area (Å²) in [5.41, 5.74) is 1.00. The molecule has 1 fully saturated rings. The maximum absolute atomic E-state index is 12.8. The number of aryl methyl sites for hydroxylation is 2. The second-order valence-electron chi connectivity index (χ2n) is 6.46. The molecule has 1 saturated heterocycles. The van der Waals surface area contributed by atoms with E-state index in [-0.39, 0.29) is 16.6 Å². The van der Waals surface area contributed by atoms with Crippen LogP contribution in [0.15, 0.2) is 22.5 Å². The summed E-state index contributed by atoms with van der Waals surface area (Å²) in [6, 6.07) is 1.95. The molecule has 6 nitrogen and oxygen atoms in total. The number of carbonyl (C=O) groups is 1. The van der Waals surface area contributed by atoms with Gasteiger partial charge in [0.15, 0.2) is 21.4 Å². The molecule has 0 N–H and O–H groups in total. The van der Waals surface area contributed by atoms with E-state index < -0.39 is 9.84 Å². The van der Waals surface area contributed by atoms with Gasteiger partial charge >= 0.3 is 0 Å². The van der Waals surface area contributed by atoms with Gasteiger partial charge in [0.1, 0.15) is 10.7 Å². The number of rotatable bonds is 4. The number of carbonyl (C=O) groups excluding carboxylic acids is 1. The van der Waals surface area contributed by atoms with Gasteiger partial charge in [0.05, 0.1) is 11.1 Å². The normalized spacial score (nSPS) is 18.4. The van der Waals surface area contributed by atoms with Crippen LogP contribution >= 0.6 is 11.3 Å². The smallest absolute Gasteiger partial charge is 0.180 e.